The van der Waals surface area contributed by atoms with Gasteiger partial charge in [0.2, 0.25) is 5.91 Å². The number of aliphatic hydroxyl groups excluding tert-OH is 1. The smallest absolute Gasteiger partial charge is 0.239 e. The average Bonchev–Trinajstić information content (AvgIpc) is 3.44. The molecule has 1 heterocycles. The van der Waals surface area contributed by atoms with Gasteiger partial charge in [0, 0.05) is 25.4 Å². The number of hydrogen-bond donors (Lipinski definition) is 3. The van der Waals surface area contributed by atoms with Crippen LogP contribution in [0.2, 0.25) is 0 Å². The monoisotopic (exact) mass is 331 g/mol. The van der Waals surface area contributed by atoms with Crippen molar-refractivity contribution in [2.75, 3.05) is 38.1 Å². The number of likely N-dealkylation sites (tertiary alicyclic amines) is 1. The van der Waals surface area contributed by atoms with Crippen LogP contribution in [-0.4, -0.2) is 48.7 Å². The van der Waals surface area contributed by atoms with E-state index in [0.29, 0.717) is 25.0 Å². The topological polar surface area (TPSA) is 64.6 Å². The molecule has 3 N–H and O–H groups in total. The summed E-state index contributed by atoms with van der Waals surface area (Å²) in [6.45, 7) is 4.41. The molecule has 132 valence electrons. The van der Waals surface area contributed by atoms with Crippen LogP contribution in [0.4, 0.5) is 5.69 Å². The number of carbonyl (C=O) groups is 1. The molecule has 0 radical (unpaired) electrons. The lowest BCUT2D eigenvalue weighted by Crippen LogP contribution is -2.34. The molecule has 1 aromatic rings. The molecule has 1 aliphatic carbocycles. The third kappa shape index (κ3) is 5.21. The normalized spacial score (nSPS) is 19.2. The highest BCUT2D eigenvalue weighted by molar-refractivity contribution is 5.80. The Morgan fingerprint density at radius 3 is 2.58 bits per heavy atom. The summed E-state index contributed by atoms with van der Waals surface area (Å²) in [4.78, 5) is 14.3. The second kappa shape index (κ2) is 8.49. The van der Waals surface area contributed by atoms with Crippen molar-refractivity contribution < 1.29 is 9.90 Å². The lowest BCUT2D eigenvalue weighted by Gasteiger charge is -2.31. The van der Waals surface area contributed by atoms with Gasteiger partial charge >= 0.3 is 0 Å². The van der Waals surface area contributed by atoms with Crippen LogP contribution in [-0.2, 0) is 11.3 Å². The molecule has 0 atom stereocenters. The van der Waals surface area contributed by atoms with Crippen LogP contribution in [0.5, 0.6) is 0 Å². The molecular weight excluding hydrogens is 302 g/mol. The van der Waals surface area contributed by atoms with Crippen LogP contribution in [0.3, 0.4) is 0 Å². The number of carbonyl (C=O) groups excluding carboxylic acids is 1. The maximum absolute atomic E-state index is 11.9. The number of aliphatic hydroxyl groups is 1. The van der Waals surface area contributed by atoms with E-state index in [2.05, 4.69) is 21.6 Å². The van der Waals surface area contributed by atoms with Crippen molar-refractivity contribution in [2.45, 2.75) is 32.2 Å². The van der Waals surface area contributed by atoms with Crippen LogP contribution in [0, 0.1) is 11.8 Å². The zero-order valence-electron chi connectivity index (χ0n) is 14.3. The van der Waals surface area contributed by atoms with Gasteiger partial charge in [-0.25, -0.2) is 0 Å². The van der Waals surface area contributed by atoms with Crippen molar-refractivity contribution in [3.05, 3.63) is 29.8 Å². The van der Waals surface area contributed by atoms with Gasteiger partial charge < -0.3 is 15.7 Å². The van der Waals surface area contributed by atoms with Gasteiger partial charge in [0.25, 0.3) is 0 Å². The Morgan fingerprint density at radius 1 is 1.12 bits per heavy atom. The number of hydrogen-bond acceptors (Lipinski definition) is 4. The Balaban J connectivity index is 1.48. The van der Waals surface area contributed by atoms with Crippen molar-refractivity contribution in [3.63, 3.8) is 0 Å². The molecule has 5 nitrogen and oxygen atoms in total. The van der Waals surface area contributed by atoms with Crippen LogP contribution in [0.25, 0.3) is 0 Å². The van der Waals surface area contributed by atoms with Gasteiger partial charge in [-0.1, -0.05) is 18.2 Å². The number of para-hydroxylation sites is 1. The first-order valence-corrected chi connectivity index (χ1v) is 9.16. The first kappa shape index (κ1) is 17.2. The Morgan fingerprint density at radius 2 is 1.88 bits per heavy atom. The standard InChI is InChI=1S/C19H29N3O2/c23-14-16-7-9-22(10-8-16)13-17-3-1-2-4-18(17)20-12-19(24)21-11-15-5-6-15/h1-4,15-16,20,23H,5-14H2,(H,21,24). The minimum absolute atomic E-state index is 0.0699. The molecule has 0 aromatic heterocycles. The summed E-state index contributed by atoms with van der Waals surface area (Å²) in [7, 11) is 0. The quantitative estimate of drug-likeness (QED) is 0.680. The van der Waals surface area contributed by atoms with Gasteiger partial charge in [-0.15, -0.1) is 0 Å². The SMILES string of the molecule is O=C(CNc1ccccc1CN1CCC(CO)CC1)NCC1CC1. The molecule has 24 heavy (non-hydrogen) atoms. The fourth-order valence-corrected chi connectivity index (χ4v) is 3.22. The minimum Gasteiger partial charge on any atom is -0.396 e. The molecule has 0 unspecified atom stereocenters. The van der Waals surface area contributed by atoms with E-state index < -0.39 is 0 Å². The first-order chi connectivity index (χ1) is 11.7. The molecular formula is C19H29N3O2. The third-order valence-corrected chi connectivity index (χ3v) is 5.10. The van der Waals surface area contributed by atoms with Crippen molar-refractivity contribution in [1.29, 1.82) is 0 Å². The summed E-state index contributed by atoms with van der Waals surface area (Å²) in [5.41, 5.74) is 2.28. The fourth-order valence-electron chi connectivity index (χ4n) is 3.22. The average molecular weight is 331 g/mol. The Bertz CT molecular complexity index is 537. The largest absolute Gasteiger partial charge is 0.396 e. The van der Waals surface area contributed by atoms with Gasteiger partial charge in [0.05, 0.1) is 6.54 Å². The van der Waals surface area contributed by atoms with Gasteiger partial charge in [0.1, 0.15) is 0 Å². The number of rotatable bonds is 8. The molecule has 1 amide bonds. The molecule has 1 saturated carbocycles. The predicted molar refractivity (Wildman–Crippen MR) is 95.8 cm³/mol. The Labute approximate surface area is 144 Å². The van der Waals surface area contributed by atoms with E-state index in [1.165, 1.54) is 18.4 Å². The van der Waals surface area contributed by atoms with Crippen LogP contribution < -0.4 is 10.6 Å². The highest BCUT2D eigenvalue weighted by Gasteiger charge is 2.22. The van der Waals surface area contributed by atoms with E-state index in [0.717, 1.165) is 44.7 Å². The highest BCUT2D eigenvalue weighted by Crippen LogP contribution is 2.27. The maximum Gasteiger partial charge on any atom is 0.239 e. The van der Waals surface area contributed by atoms with Gasteiger partial charge in [-0.05, 0) is 62.2 Å². The van der Waals surface area contributed by atoms with E-state index >= 15 is 0 Å². The number of nitrogens with zero attached hydrogens (tertiary/aromatic N) is 1. The van der Waals surface area contributed by atoms with E-state index in [1.807, 2.05) is 18.2 Å². The zero-order valence-corrected chi connectivity index (χ0v) is 14.3. The number of anilines is 1. The number of nitrogens with one attached hydrogen (secondary N) is 2. The lowest BCUT2D eigenvalue weighted by atomic mass is 9.97. The van der Waals surface area contributed by atoms with E-state index in [4.69, 9.17) is 0 Å². The van der Waals surface area contributed by atoms with Gasteiger partial charge in [-0.2, -0.15) is 0 Å². The summed E-state index contributed by atoms with van der Waals surface area (Å²) >= 11 is 0. The predicted octanol–water partition coefficient (Wildman–Crippen LogP) is 1.83. The van der Waals surface area contributed by atoms with Gasteiger partial charge in [-0.3, -0.25) is 9.69 Å². The molecule has 1 aliphatic heterocycles. The van der Waals surface area contributed by atoms with Crippen LogP contribution >= 0.6 is 0 Å². The van der Waals surface area contributed by atoms with Crippen LogP contribution in [0.15, 0.2) is 24.3 Å². The zero-order chi connectivity index (χ0) is 16.8. The first-order valence-electron chi connectivity index (χ1n) is 9.16. The summed E-state index contributed by atoms with van der Waals surface area (Å²) in [6.07, 6.45) is 4.64. The lowest BCUT2D eigenvalue weighted by molar-refractivity contribution is -0.119. The highest BCUT2D eigenvalue weighted by atomic mass is 16.3. The van der Waals surface area contributed by atoms with E-state index in [9.17, 15) is 9.90 Å². The number of amides is 1. The minimum atomic E-state index is 0.0699. The summed E-state index contributed by atoms with van der Waals surface area (Å²) < 4.78 is 0. The third-order valence-electron chi connectivity index (χ3n) is 5.10. The molecule has 3 rings (SSSR count). The molecule has 1 aromatic carbocycles. The van der Waals surface area contributed by atoms with Crippen molar-refractivity contribution in [2.24, 2.45) is 11.8 Å². The van der Waals surface area contributed by atoms with Crippen molar-refractivity contribution >= 4 is 11.6 Å². The fraction of sp³-hybridized carbons (Fsp3) is 0.632. The Hall–Kier alpha value is -1.59. The van der Waals surface area contributed by atoms with Crippen LogP contribution in [0.1, 0.15) is 31.2 Å². The van der Waals surface area contributed by atoms with E-state index in [1.54, 1.807) is 0 Å². The second-order valence-corrected chi connectivity index (χ2v) is 7.16. The van der Waals surface area contributed by atoms with E-state index in [-0.39, 0.29) is 5.91 Å². The summed E-state index contributed by atoms with van der Waals surface area (Å²) in [6, 6.07) is 8.23. The number of piperidine rings is 1. The number of benzene rings is 1. The molecule has 1 saturated heterocycles. The van der Waals surface area contributed by atoms with Gasteiger partial charge in [0.15, 0.2) is 0 Å². The molecule has 5 heteroatoms. The second-order valence-electron chi connectivity index (χ2n) is 7.16. The molecule has 2 aliphatic rings. The molecule has 0 spiro atoms. The van der Waals surface area contributed by atoms with Crippen molar-refractivity contribution in [1.82, 2.24) is 10.2 Å². The Kier molecular flexibility index (Phi) is 6.10. The maximum atomic E-state index is 11.9. The van der Waals surface area contributed by atoms with Crippen molar-refractivity contribution in [3.8, 4) is 0 Å². The molecule has 0 bridgehead atoms. The summed E-state index contributed by atoms with van der Waals surface area (Å²) in [5.74, 6) is 1.24. The molecule has 2 fully saturated rings. The summed E-state index contributed by atoms with van der Waals surface area (Å²) in [5, 5.41) is 15.5.